The van der Waals surface area contributed by atoms with Gasteiger partial charge >= 0.3 is 0 Å². The fraction of sp³-hybridized carbons (Fsp3) is 0.125. The van der Waals surface area contributed by atoms with Gasteiger partial charge in [0.25, 0.3) is 0 Å². The molecule has 0 aliphatic carbocycles. The normalized spacial score (nSPS) is 10.5. The molecule has 0 saturated heterocycles. The van der Waals surface area contributed by atoms with Crippen molar-refractivity contribution >= 4 is 35.1 Å². The van der Waals surface area contributed by atoms with E-state index in [0.29, 0.717) is 33.9 Å². The van der Waals surface area contributed by atoms with Crippen LogP contribution in [0.3, 0.4) is 0 Å². The zero-order valence-electron chi connectivity index (χ0n) is 12.5. The summed E-state index contributed by atoms with van der Waals surface area (Å²) in [6.45, 7) is 4.16. The van der Waals surface area contributed by atoms with Crippen molar-refractivity contribution in [2.75, 3.05) is 13.7 Å². The number of halogens is 1. The second-order valence-corrected chi connectivity index (χ2v) is 5.24. The molecule has 0 aliphatic heterocycles. The Kier molecular flexibility index (Phi) is 6.19. The highest BCUT2D eigenvalue weighted by Crippen LogP contribution is 2.30. The van der Waals surface area contributed by atoms with Gasteiger partial charge in [-0.05, 0) is 42.5 Å². The number of thiocarbonyl (C=S) groups is 1. The van der Waals surface area contributed by atoms with Crippen molar-refractivity contribution in [2.24, 2.45) is 5.10 Å². The molecule has 1 aromatic heterocycles. The Labute approximate surface area is 145 Å². The number of nitrogens with zero attached hydrogens (tertiary/aromatic N) is 1. The van der Waals surface area contributed by atoms with Gasteiger partial charge in [0, 0.05) is 12.1 Å². The minimum Gasteiger partial charge on any atom is -0.495 e. The monoisotopic (exact) mass is 349 g/mol. The lowest BCUT2D eigenvalue weighted by molar-refractivity contribution is 0.415. The van der Waals surface area contributed by atoms with E-state index in [1.54, 1.807) is 31.4 Å². The highest BCUT2D eigenvalue weighted by Gasteiger charge is 2.07. The summed E-state index contributed by atoms with van der Waals surface area (Å²) in [5.41, 5.74) is 3.54. The summed E-state index contributed by atoms with van der Waals surface area (Å²) in [6.07, 6.45) is 3.24. The Bertz CT molecular complexity index is 728. The van der Waals surface area contributed by atoms with Crippen molar-refractivity contribution in [2.45, 2.75) is 0 Å². The molecule has 0 aliphatic rings. The van der Waals surface area contributed by atoms with Gasteiger partial charge in [0.15, 0.2) is 5.11 Å². The van der Waals surface area contributed by atoms with E-state index in [4.69, 9.17) is 33.0 Å². The molecule has 0 saturated carbocycles. The lowest BCUT2D eigenvalue weighted by Crippen LogP contribution is -2.31. The van der Waals surface area contributed by atoms with Gasteiger partial charge in [-0.25, -0.2) is 0 Å². The highest BCUT2D eigenvalue weighted by molar-refractivity contribution is 7.80. The zero-order valence-corrected chi connectivity index (χ0v) is 14.1. The van der Waals surface area contributed by atoms with Gasteiger partial charge < -0.3 is 14.5 Å². The van der Waals surface area contributed by atoms with Crippen LogP contribution in [0.4, 0.5) is 0 Å². The van der Waals surface area contributed by atoms with Crippen molar-refractivity contribution in [3.05, 3.63) is 53.8 Å². The summed E-state index contributed by atoms with van der Waals surface area (Å²) in [4.78, 5) is 0. The molecule has 23 heavy (non-hydrogen) atoms. The lowest BCUT2D eigenvalue weighted by atomic mass is 10.2. The Morgan fingerprint density at radius 3 is 2.96 bits per heavy atom. The van der Waals surface area contributed by atoms with Crippen LogP contribution in [0.2, 0.25) is 5.02 Å². The van der Waals surface area contributed by atoms with Crippen LogP contribution in [0.5, 0.6) is 5.75 Å². The predicted octanol–water partition coefficient (Wildman–Crippen LogP) is 3.59. The number of rotatable bonds is 6. The SMILES string of the molecule is C=CCNC(=S)NN=Cc1ccc(-c2ccc(OC)c(Cl)c2)o1. The summed E-state index contributed by atoms with van der Waals surface area (Å²) < 4.78 is 10.8. The van der Waals surface area contributed by atoms with Gasteiger partial charge in [-0.1, -0.05) is 17.7 Å². The Morgan fingerprint density at radius 1 is 1.43 bits per heavy atom. The molecule has 0 spiro atoms. The van der Waals surface area contributed by atoms with Crippen LogP contribution in [0, 0.1) is 0 Å². The van der Waals surface area contributed by atoms with Crippen molar-refractivity contribution in [1.29, 1.82) is 0 Å². The van der Waals surface area contributed by atoms with E-state index in [1.807, 2.05) is 12.1 Å². The number of furan rings is 1. The van der Waals surface area contributed by atoms with Crippen molar-refractivity contribution in [3.63, 3.8) is 0 Å². The van der Waals surface area contributed by atoms with Crippen LogP contribution in [0.15, 0.2) is 52.5 Å². The second kappa shape index (κ2) is 8.36. The van der Waals surface area contributed by atoms with Crippen molar-refractivity contribution < 1.29 is 9.15 Å². The second-order valence-electron chi connectivity index (χ2n) is 4.42. The first kappa shape index (κ1) is 17.1. The summed E-state index contributed by atoms with van der Waals surface area (Å²) in [6, 6.07) is 9.09. The van der Waals surface area contributed by atoms with Crippen molar-refractivity contribution in [3.8, 4) is 17.1 Å². The fourth-order valence-corrected chi connectivity index (χ4v) is 2.15. The average molecular weight is 350 g/mol. The molecule has 120 valence electrons. The van der Waals surface area contributed by atoms with E-state index in [1.165, 1.54) is 6.21 Å². The number of hydrazone groups is 1. The molecule has 0 bridgehead atoms. The number of ether oxygens (including phenoxy) is 1. The minimum absolute atomic E-state index is 0.412. The summed E-state index contributed by atoms with van der Waals surface area (Å²) in [5.74, 6) is 1.89. The molecule has 2 aromatic rings. The summed E-state index contributed by atoms with van der Waals surface area (Å²) in [5, 5.41) is 7.83. The number of nitrogens with one attached hydrogen (secondary N) is 2. The van der Waals surface area contributed by atoms with Gasteiger partial charge in [-0.15, -0.1) is 6.58 Å². The van der Waals surface area contributed by atoms with E-state index >= 15 is 0 Å². The van der Waals surface area contributed by atoms with Crippen LogP contribution in [-0.4, -0.2) is 25.0 Å². The molecule has 0 radical (unpaired) electrons. The Hall–Kier alpha value is -2.31. The third-order valence-corrected chi connectivity index (χ3v) is 3.36. The number of methoxy groups -OCH3 is 1. The largest absolute Gasteiger partial charge is 0.495 e. The maximum Gasteiger partial charge on any atom is 0.187 e. The molecule has 2 N–H and O–H groups in total. The van der Waals surface area contributed by atoms with E-state index in [-0.39, 0.29) is 0 Å². The topological polar surface area (TPSA) is 58.8 Å². The molecule has 0 atom stereocenters. The highest BCUT2D eigenvalue weighted by atomic mass is 35.5. The van der Waals surface area contributed by atoms with Gasteiger partial charge in [-0.2, -0.15) is 5.10 Å². The number of benzene rings is 1. The van der Waals surface area contributed by atoms with Crippen LogP contribution in [0.1, 0.15) is 5.76 Å². The predicted molar refractivity (Wildman–Crippen MR) is 97.2 cm³/mol. The minimum atomic E-state index is 0.412. The van der Waals surface area contributed by atoms with Crippen LogP contribution >= 0.6 is 23.8 Å². The fourth-order valence-electron chi connectivity index (χ4n) is 1.76. The van der Waals surface area contributed by atoms with Crippen molar-refractivity contribution in [1.82, 2.24) is 10.7 Å². The van der Waals surface area contributed by atoms with Gasteiger partial charge in [0.1, 0.15) is 17.3 Å². The van der Waals surface area contributed by atoms with Crippen LogP contribution < -0.4 is 15.5 Å². The molecule has 1 heterocycles. The Balaban J connectivity index is 2.01. The molecule has 2 rings (SSSR count). The third-order valence-electron chi connectivity index (χ3n) is 2.83. The maximum absolute atomic E-state index is 6.12. The van der Waals surface area contributed by atoms with Gasteiger partial charge in [-0.3, -0.25) is 5.43 Å². The quantitative estimate of drug-likeness (QED) is 0.361. The van der Waals surface area contributed by atoms with Crippen LogP contribution in [0.25, 0.3) is 11.3 Å². The van der Waals surface area contributed by atoms with Crippen LogP contribution in [-0.2, 0) is 0 Å². The first-order chi connectivity index (χ1) is 11.1. The van der Waals surface area contributed by atoms with E-state index < -0.39 is 0 Å². The van der Waals surface area contributed by atoms with E-state index in [0.717, 1.165) is 5.56 Å². The molecular formula is C16H16ClN3O2S. The third kappa shape index (κ3) is 4.84. The summed E-state index contributed by atoms with van der Waals surface area (Å²) in [7, 11) is 1.57. The standard InChI is InChI=1S/C16H16ClN3O2S/c1-3-8-18-16(23)20-19-10-12-5-7-14(22-12)11-4-6-15(21-2)13(17)9-11/h3-7,9-10H,1,8H2,2H3,(H2,18,20,23). The molecule has 0 unspecified atom stereocenters. The smallest absolute Gasteiger partial charge is 0.187 e. The lowest BCUT2D eigenvalue weighted by Gasteiger charge is -2.04. The number of hydrogen-bond donors (Lipinski definition) is 2. The van der Waals surface area contributed by atoms with E-state index in [2.05, 4.69) is 22.4 Å². The Morgan fingerprint density at radius 2 is 2.26 bits per heavy atom. The number of hydrogen-bond acceptors (Lipinski definition) is 4. The maximum atomic E-state index is 6.12. The first-order valence-corrected chi connectivity index (χ1v) is 7.54. The molecule has 5 nitrogen and oxygen atoms in total. The molecule has 1 aromatic carbocycles. The first-order valence-electron chi connectivity index (χ1n) is 6.75. The average Bonchev–Trinajstić information content (AvgIpc) is 3.01. The molecular weight excluding hydrogens is 334 g/mol. The van der Waals surface area contributed by atoms with E-state index in [9.17, 15) is 0 Å². The van der Waals surface area contributed by atoms with Gasteiger partial charge in [0.2, 0.25) is 0 Å². The molecule has 0 amide bonds. The summed E-state index contributed by atoms with van der Waals surface area (Å²) >= 11 is 11.1. The molecule has 0 fully saturated rings. The molecule has 7 heteroatoms. The van der Waals surface area contributed by atoms with Gasteiger partial charge in [0.05, 0.1) is 18.3 Å². The zero-order chi connectivity index (χ0) is 16.7.